The zero-order valence-electron chi connectivity index (χ0n) is 10.0. The van der Waals surface area contributed by atoms with E-state index in [4.69, 9.17) is 11.0 Å². The van der Waals surface area contributed by atoms with E-state index < -0.39 is 5.82 Å². The number of hydrogen-bond donors (Lipinski definition) is 2. The van der Waals surface area contributed by atoms with Crippen LogP contribution in [0.25, 0.3) is 0 Å². The van der Waals surface area contributed by atoms with Crippen molar-refractivity contribution in [3.63, 3.8) is 0 Å². The summed E-state index contributed by atoms with van der Waals surface area (Å²) in [5.41, 5.74) is 6.12. The van der Waals surface area contributed by atoms with Crippen LogP contribution in [-0.2, 0) is 0 Å². The van der Waals surface area contributed by atoms with Gasteiger partial charge in [-0.3, -0.25) is 0 Å². The molecule has 0 saturated heterocycles. The lowest BCUT2D eigenvalue weighted by molar-refractivity contribution is 0.631. The second kappa shape index (κ2) is 5.54. The quantitative estimate of drug-likeness (QED) is 0.661. The molecule has 0 unspecified atom stereocenters. The normalized spacial score (nSPS) is 9.95. The summed E-state index contributed by atoms with van der Waals surface area (Å²) in [6, 6.07) is 7.53. The Morgan fingerprint density at radius 2 is 2.16 bits per heavy atom. The Labute approximate surface area is 113 Å². The number of nitrogens with zero attached hydrogens (tertiary/aromatic N) is 3. The number of aromatic nitrogens is 2. The van der Waals surface area contributed by atoms with Gasteiger partial charge in [0.05, 0.1) is 17.3 Å². The molecule has 1 aromatic heterocycles. The third-order valence-corrected chi connectivity index (χ3v) is 2.82. The average Bonchev–Trinajstić information content (AvgIpc) is 2.40. The van der Waals surface area contributed by atoms with Gasteiger partial charge in [0, 0.05) is 6.07 Å². The van der Waals surface area contributed by atoms with Gasteiger partial charge in [-0.15, -0.1) is 0 Å². The fourth-order valence-electron chi connectivity index (χ4n) is 1.42. The Balaban J connectivity index is 2.31. The molecule has 0 atom stereocenters. The molecule has 0 aliphatic carbocycles. The highest BCUT2D eigenvalue weighted by Gasteiger charge is 2.07. The maximum atomic E-state index is 13.7. The van der Waals surface area contributed by atoms with Gasteiger partial charge in [-0.05, 0) is 24.5 Å². The van der Waals surface area contributed by atoms with Crippen molar-refractivity contribution in [3.8, 4) is 6.07 Å². The third kappa shape index (κ3) is 3.11. The molecule has 5 nitrogen and oxygen atoms in total. The zero-order chi connectivity index (χ0) is 13.8. The molecule has 0 amide bonds. The van der Waals surface area contributed by atoms with Crippen molar-refractivity contribution in [2.75, 3.05) is 17.3 Å². The molecule has 19 heavy (non-hydrogen) atoms. The zero-order valence-corrected chi connectivity index (χ0v) is 10.8. The van der Waals surface area contributed by atoms with Crippen LogP contribution in [0.2, 0.25) is 0 Å². The highest BCUT2D eigenvalue weighted by atomic mass is 32.2. The molecule has 3 N–H and O–H groups in total. The summed E-state index contributed by atoms with van der Waals surface area (Å²) in [5, 5.41) is 12.0. The first kappa shape index (κ1) is 13.1. The largest absolute Gasteiger partial charge is 0.383 e. The minimum Gasteiger partial charge on any atom is -0.383 e. The Bertz CT molecular complexity index is 653. The smallest absolute Gasteiger partial charge is 0.191 e. The van der Waals surface area contributed by atoms with Crippen molar-refractivity contribution in [1.29, 1.82) is 5.26 Å². The number of nitrogens with two attached hydrogens (primary N) is 1. The first-order chi connectivity index (χ1) is 9.12. The number of anilines is 3. The van der Waals surface area contributed by atoms with Crippen molar-refractivity contribution in [3.05, 3.63) is 35.6 Å². The van der Waals surface area contributed by atoms with Gasteiger partial charge >= 0.3 is 0 Å². The van der Waals surface area contributed by atoms with E-state index >= 15 is 0 Å². The number of nitrogen functional groups attached to an aromatic ring is 1. The lowest BCUT2D eigenvalue weighted by atomic mass is 10.2. The Kier molecular flexibility index (Phi) is 3.82. The highest BCUT2D eigenvalue weighted by Crippen LogP contribution is 2.22. The van der Waals surface area contributed by atoms with E-state index in [0.29, 0.717) is 16.8 Å². The molecule has 2 aromatic rings. The van der Waals surface area contributed by atoms with Crippen LogP contribution >= 0.6 is 11.8 Å². The van der Waals surface area contributed by atoms with Gasteiger partial charge in [-0.2, -0.15) is 5.26 Å². The highest BCUT2D eigenvalue weighted by molar-refractivity contribution is 7.98. The van der Waals surface area contributed by atoms with Gasteiger partial charge in [-0.1, -0.05) is 11.8 Å². The fraction of sp³-hybridized carbons (Fsp3) is 0.0833. The monoisotopic (exact) mass is 275 g/mol. The van der Waals surface area contributed by atoms with Crippen LogP contribution < -0.4 is 11.1 Å². The number of hydrogen-bond acceptors (Lipinski definition) is 6. The fourth-order valence-corrected chi connectivity index (χ4v) is 1.81. The lowest BCUT2D eigenvalue weighted by Gasteiger charge is -2.08. The molecule has 0 aliphatic rings. The van der Waals surface area contributed by atoms with E-state index in [1.807, 2.05) is 12.3 Å². The van der Waals surface area contributed by atoms with Gasteiger partial charge in [0.1, 0.15) is 17.5 Å². The third-order valence-electron chi connectivity index (χ3n) is 2.27. The second-order valence-electron chi connectivity index (χ2n) is 3.60. The minimum atomic E-state index is -0.526. The number of thioether (sulfide) groups is 1. The Morgan fingerprint density at radius 3 is 2.79 bits per heavy atom. The van der Waals surface area contributed by atoms with E-state index in [1.54, 1.807) is 0 Å². The summed E-state index contributed by atoms with van der Waals surface area (Å²) in [4.78, 5) is 8.16. The average molecular weight is 275 g/mol. The molecule has 0 bridgehead atoms. The number of halogens is 1. The molecular weight excluding hydrogens is 265 g/mol. The van der Waals surface area contributed by atoms with Crippen LogP contribution in [-0.4, -0.2) is 16.2 Å². The van der Waals surface area contributed by atoms with E-state index in [2.05, 4.69) is 15.3 Å². The topological polar surface area (TPSA) is 87.6 Å². The molecule has 96 valence electrons. The van der Waals surface area contributed by atoms with Crippen molar-refractivity contribution >= 4 is 29.1 Å². The lowest BCUT2D eigenvalue weighted by Crippen LogP contribution is -2.01. The molecule has 1 heterocycles. The van der Waals surface area contributed by atoms with Crippen molar-refractivity contribution in [1.82, 2.24) is 9.97 Å². The predicted molar refractivity (Wildman–Crippen MR) is 72.6 cm³/mol. The molecule has 1 aromatic carbocycles. The molecular formula is C12H10FN5S. The SMILES string of the molecule is CSc1nc(N)cc(Nc2ccc(C#N)cc2F)n1. The summed E-state index contributed by atoms with van der Waals surface area (Å²) >= 11 is 1.34. The summed E-state index contributed by atoms with van der Waals surface area (Å²) < 4.78 is 13.7. The summed E-state index contributed by atoms with van der Waals surface area (Å²) in [7, 11) is 0. The van der Waals surface area contributed by atoms with Crippen molar-refractivity contribution in [2.24, 2.45) is 0 Å². The Morgan fingerprint density at radius 1 is 1.37 bits per heavy atom. The van der Waals surface area contributed by atoms with E-state index in [1.165, 1.54) is 30.0 Å². The number of nitrogens with one attached hydrogen (secondary N) is 1. The van der Waals surface area contributed by atoms with Crippen LogP contribution in [0.3, 0.4) is 0 Å². The summed E-state index contributed by atoms with van der Waals surface area (Å²) in [6.07, 6.45) is 1.82. The minimum absolute atomic E-state index is 0.226. The van der Waals surface area contributed by atoms with Gasteiger partial charge in [0.2, 0.25) is 0 Å². The summed E-state index contributed by atoms with van der Waals surface area (Å²) in [6.45, 7) is 0. The van der Waals surface area contributed by atoms with E-state index in [9.17, 15) is 4.39 Å². The van der Waals surface area contributed by atoms with E-state index in [-0.39, 0.29) is 11.3 Å². The van der Waals surface area contributed by atoms with E-state index in [0.717, 1.165) is 6.07 Å². The van der Waals surface area contributed by atoms with Crippen molar-refractivity contribution < 1.29 is 4.39 Å². The maximum Gasteiger partial charge on any atom is 0.191 e. The standard InChI is InChI=1S/C12H10FN5S/c1-19-12-17-10(15)5-11(18-12)16-9-3-2-7(6-14)4-8(9)13/h2-5H,1H3,(H3,15,16,17,18). The van der Waals surface area contributed by atoms with Gasteiger partial charge < -0.3 is 11.1 Å². The number of nitriles is 1. The molecule has 0 radical (unpaired) electrons. The number of benzene rings is 1. The molecule has 0 spiro atoms. The van der Waals surface area contributed by atoms with Crippen LogP contribution in [0.4, 0.5) is 21.7 Å². The molecule has 0 fully saturated rings. The van der Waals surface area contributed by atoms with Crippen molar-refractivity contribution in [2.45, 2.75) is 5.16 Å². The van der Waals surface area contributed by atoms with Gasteiger partial charge in [0.15, 0.2) is 5.16 Å². The van der Waals surface area contributed by atoms with Crippen LogP contribution in [0, 0.1) is 17.1 Å². The first-order valence-electron chi connectivity index (χ1n) is 5.27. The van der Waals surface area contributed by atoms with Gasteiger partial charge in [-0.25, -0.2) is 14.4 Å². The van der Waals surface area contributed by atoms with Crippen LogP contribution in [0.5, 0.6) is 0 Å². The van der Waals surface area contributed by atoms with Crippen LogP contribution in [0.15, 0.2) is 29.4 Å². The molecule has 7 heteroatoms. The van der Waals surface area contributed by atoms with Crippen LogP contribution in [0.1, 0.15) is 5.56 Å². The number of rotatable bonds is 3. The second-order valence-corrected chi connectivity index (χ2v) is 4.37. The maximum absolute atomic E-state index is 13.7. The first-order valence-corrected chi connectivity index (χ1v) is 6.50. The van der Waals surface area contributed by atoms with Gasteiger partial charge in [0.25, 0.3) is 0 Å². The predicted octanol–water partition coefficient (Wildman–Crippen LogP) is 2.54. The Hall–Kier alpha value is -2.33. The summed E-state index contributed by atoms with van der Waals surface area (Å²) in [5.74, 6) is 0.179. The molecule has 0 saturated carbocycles. The molecule has 0 aliphatic heterocycles. The molecule has 2 rings (SSSR count).